The van der Waals surface area contributed by atoms with Gasteiger partial charge in [0, 0.05) is 6.54 Å². The average molecular weight is 275 g/mol. The molecule has 1 saturated heterocycles. The van der Waals surface area contributed by atoms with Crippen LogP contribution in [0.3, 0.4) is 0 Å². The Hall–Kier alpha value is -0.860. The summed E-state index contributed by atoms with van der Waals surface area (Å²) in [6.07, 6.45) is 5.91. The van der Waals surface area contributed by atoms with E-state index >= 15 is 0 Å². The number of benzene rings is 1. The quantitative estimate of drug-likeness (QED) is 0.900. The maximum Gasteiger partial charge on any atom is 0.0807 e. The molecule has 20 heavy (non-hydrogen) atoms. The summed E-state index contributed by atoms with van der Waals surface area (Å²) in [5.74, 6) is 0. The third-order valence-corrected chi connectivity index (χ3v) is 4.49. The third kappa shape index (κ3) is 4.07. The molecule has 1 unspecified atom stereocenters. The fourth-order valence-electron chi connectivity index (χ4n) is 3.53. The van der Waals surface area contributed by atoms with Crippen molar-refractivity contribution < 1.29 is 5.11 Å². The molecule has 0 spiro atoms. The smallest absolute Gasteiger partial charge is 0.0807 e. The van der Waals surface area contributed by atoms with Gasteiger partial charge in [0.05, 0.1) is 6.10 Å². The molecule has 1 atom stereocenters. The van der Waals surface area contributed by atoms with Gasteiger partial charge in [0.1, 0.15) is 0 Å². The maximum atomic E-state index is 10.5. The van der Waals surface area contributed by atoms with E-state index in [-0.39, 0.29) is 6.10 Å². The van der Waals surface area contributed by atoms with Crippen molar-refractivity contribution in [1.29, 1.82) is 0 Å². The Balaban J connectivity index is 1.96. The number of aliphatic hydroxyl groups is 1. The summed E-state index contributed by atoms with van der Waals surface area (Å²) in [4.78, 5) is 2.52. The highest BCUT2D eigenvalue weighted by atomic mass is 16.3. The van der Waals surface area contributed by atoms with Crippen LogP contribution < -0.4 is 0 Å². The Morgan fingerprint density at radius 2 is 1.55 bits per heavy atom. The molecule has 0 amide bonds. The molecule has 2 nitrogen and oxygen atoms in total. The largest absolute Gasteiger partial charge is 0.388 e. The summed E-state index contributed by atoms with van der Waals surface area (Å²) in [5, 5.41) is 10.5. The van der Waals surface area contributed by atoms with Gasteiger partial charge in [-0.15, -0.1) is 0 Å². The lowest BCUT2D eigenvalue weighted by molar-refractivity contribution is 0.142. The van der Waals surface area contributed by atoms with Crippen molar-refractivity contribution >= 4 is 0 Å². The minimum absolute atomic E-state index is 0.321. The van der Waals surface area contributed by atoms with Crippen LogP contribution in [-0.2, 0) is 0 Å². The summed E-state index contributed by atoms with van der Waals surface area (Å²) < 4.78 is 0. The van der Waals surface area contributed by atoms with Gasteiger partial charge >= 0.3 is 0 Å². The highest BCUT2D eigenvalue weighted by Gasteiger charge is 2.16. The number of hydrogen-bond donors (Lipinski definition) is 1. The first-order valence-corrected chi connectivity index (χ1v) is 8.06. The number of nitrogens with zero attached hydrogens (tertiary/aromatic N) is 1. The average Bonchev–Trinajstić information content (AvgIpc) is 2.63. The van der Waals surface area contributed by atoms with Crippen molar-refractivity contribution in [1.82, 2.24) is 4.90 Å². The van der Waals surface area contributed by atoms with Gasteiger partial charge in [0.25, 0.3) is 0 Å². The van der Waals surface area contributed by atoms with Gasteiger partial charge in [-0.05, 0) is 69.8 Å². The van der Waals surface area contributed by atoms with Crippen LogP contribution in [-0.4, -0.2) is 29.6 Å². The number of rotatable bonds is 4. The Morgan fingerprint density at radius 1 is 1.00 bits per heavy atom. The molecule has 0 aromatic heterocycles. The van der Waals surface area contributed by atoms with Crippen molar-refractivity contribution in [3.63, 3.8) is 0 Å². The van der Waals surface area contributed by atoms with E-state index in [1.165, 1.54) is 55.5 Å². The monoisotopic (exact) mass is 275 g/mol. The third-order valence-electron chi connectivity index (χ3n) is 4.49. The molecule has 0 bridgehead atoms. The van der Waals surface area contributed by atoms with Gasteiger partial charge in [-0.2, -0.15) is 0 Å². The molecule has 2 rings (SSSR count). The van der Waals surface area contributed by atoms with E-state index in [0.29, 0.717) is 0 Å². The lowest BCUT2D eigenvalue weighted by atomic mass is 9.94. The maximum absolute atomic E-state index is 10.5. The molecule has 1 N–H and O–H groups in total. The topological polar surface area (TPSA) is 23.5 Å². The molecule has 0 radical (unpaired) electrons. The lowest BCUT2D eigenvalue weighted by Gasteiger charge is -2.23. The molecule has 1 heterocycles. The van der Waals surface area contributed by atoms with Gasteiger partial charge < -0.3 is 10.0 Å². The summed E-state index contributed by atoms with van der Waals surface area (Å²) in [7, 11) is 0. The van der Waals surface area contributed by atoms with Crippen LogP contribution in [0, 0.1) is 20.8 Å². The fraction of sp³-hybridized carbons (Fsp3) is 0.667. The SMILES string of the molecule is Cc1cc(C)c(C(O)CCN2CCCCCC2)c(C)c1. The first-order chi connectivity index (χ1) is 9.58. The zero-order valence-electron chi connectivity index (χ0n) is 13.3. The molecule has 1 aliphatic heterocycles. The fourth-order valence-corrected chi connectivity index (χ4v) is 3.53. The normalized spacial score (nSPS) is 18.8. The number of aryl methyl sites for hydroxylation is 3. The minimum atomic E-state index is -0.321. The minimum Gasteiger partial charge on any atom is -0.388 e. The first-order valence-electron chi connectivity index (χ1n) is 8.06. The van der Waals surface area contributed by atoms with Crippen LogP contribution in [0.2, 0.25) is 0 Å². The highest BCUT2D eigenvalue weighted by molar-refractivity contribution is 5.38. The summed E-state index contributed by atoms with van der Waals surface area (Å²) in [6, 6.07) is 4.36. The van der Waals surface area contributed by atoms with Gasteiger partial charge in [-0.3, -0.25) is 0 Å². The van der Waals surface area contributed by atoms with Gasteiger partial charge in [-0.25, -0.2) is 0 Å². The number of likely N-dealkylation sites (tertiary alicyclic amines) is 1. The molecule has 112 valence electrons. The van der Waals surface area contributed by atoms with E-state index in [1.54, 1.807) is 0 Å². The predicted molar refractivity (Wildman–Crippen MR) is 85.1 cm³/mol. The van der Waals surface area contributed by atoms with Gasteiger partial charge in [0.2, 0.25) is 0 Å². The van der Waals surface area contributed by atoms with Crippen LogP contribution >= 0.6 is 0 Å². The lowest BCUT2D eigenvalue weighted by Crippen LogP contribution is -2.27. The zero-order chi connectivity index (χ0) is 14.5. The number of hydrogen-bond acceptors (Lipinski definition) is 2. The van der Waals surface area contributed by atoms with Crippen LogP contribution in [0.4, 0.5) is 0 Å². The van der Waals surface area contributed by atoms with Gasteiger partial charge in [0.15, 0.2) is 0 Å². The summed E-state index contributed by atoms with van der Waals surface area (Å²) in [5.41, 5.74) is 4.88. The molecule has 1 aromatic rings. The van der Waals surface area contributed by atoms with E-state index in [0.717, 1.165) is 18.5 Å². The van der Waals surface area contributed by atoms with Crippen molar-refractivity contribution in [3.05, 3.63) is 34.4 Å². The molecule has 0 saturated carbocycles. The van der Waals surface area contributed by atoms with Crippen molar-refractivity contribution in [2.75, 3.05) is 19.6 Å². The molecule has 1 fully saturated rings. The van der Waals surface area contributed by atoms with E-state index < -0.39 is 0 Å². The molecule has 2 heteroatoms. The zero-order valence-corrected chi connectivity index (χ0v) is 13.3. The number of aliphatic hydroxyl groups excluding tert-OH is 1. The van der Waals surface area contributed by atoms with Crippen LogP contribution in [0.1, 0.15) is 60.5 Å². The first kappa shape index (κ1) is 15.5. The van der Waals surface area contributed by atoms with Crippen molar-refractivity contribution in [2.24, 2.45) is 0 Å². The standard InChI is InChI=1S/C18H29NO/c1-14-12-15(2)18(16(3)13-14)17(20)8-11-19-9-6-4-5-7-10-19/h12-13,17,20H,4-11H2,1-3H3. The van der Waals surface area contributed by atoms with Crippen molar-refractivity contribution in [2.45, 2.75) is 59.0 Å². The van der Waals surface area contributed by atoms with E-state index in [2.05, 4.69) is 37.8 Å². The molecule has 0 aliphatic carbocycles. The van der Waals surface area contributed by atoms with Gasteiger partial charge in [-0.1, -0.05) is 30.5 Å². The summed E-state index contributed by atoms with van der Waals surface area (Å²) >= 11 is 0. The van der Waals surface area contributed by atoms with Crippen molar-refractivity contribution in [3.8, 4) is 0 Å². The molecule has 1 aliphatic rings. The summed E-state index contributed by atoms with van der Waals surface area (Å²) in [6.45, 7) is 9.79. The Morgan fingerprint density at radius 3 is 2.10 bits per heavy atom. The van der Waals surface area contributed by atoms with E-state index in [4.69, 9.17) is 0 Å². The van der Waals surface area contributed by atoms with Crippen LogP contribution in [0.25, 0.3) is 0 Å². The Labute approximate surface area is 123 Å². The second-order valence-corrected chi connectivity index (χ2v) is 6.37. The van der Waals surface area contributed by atoms with E-state index in [9.17, 15) is 5.11 Å². The highest BCUT2D eigenvalue weighted by Crippen LogP contribution is 2.26. The second-order valence-electron chi connectivity index (χ2n) is 6.37. The molecular weight excluding hydrogens is 246 g/mol. The second kappa shape index (κ2) is 7.24. The Kier molecular flexibility index (Phi) is 5.62. The Bertz CT molecular complexity index is 410. The molecular formula is C18H29NO. The predicted octanol–water partition coefficient (Wildman–Crippen LogP) is 3.91. The van der Waals surface area contributed by atoms with Crippen LogP contribution in [0.5, 0.6) is 0 Å². The molecule has 1 aromatic carbocycles. The van der Waals surface area contributed by atoms with E-state index in [1.807, 2.05) is 0 Å². The van der Waals surface area contributed by atoms with Crippen LogP contribution in [0.15, 0.2) is 12.1 Å².